The van der Waals surface area contributed by atoms with Crippen LogP contribution < -0.4 is 0 Å². The van der Waals surface area contributed by atoms with Crippen molar-refractivity contribution in [3.05, 3.63) is 120 Å². The third kappa shape index (κ3) is 2.64. The van der Waals surface area contributed by atoms with Crippen LogP contribution in [0.3, 0.4) is 0 Å². The van der Waals surface area contributed by atoms with Crippen LogP contribution in [0.4, 0.5) is 11.4 Å². The lowest BCUT2D eigenvalue weighted by molar-refractivity contribution is 1.58. The zero-order valence-electron chi connectivity index (χ0n) is 17.1. The van der Waals surface area contributed by atoms with Crippen LogP contribution in [0.15, 0.2) is 97.1 Å². The highest BCUT2D eigenvalue weighted by molar-refractivity contribution is 6.16. The van der Waals surface area contributed by atoms with Crippen LogP contribution in [0.5, 0.6) is 0 Å². The summed E-state index contributed by atoms with van der Waals surface area (Å²) in [6, 6.07) is 33.1. The molecule has 146 valence electrons. The zero-order chi connectivity index (χ0) is 21.7. The van der Waals surface area contributed by atoms with Gasteiger partial charge in [0.25, 0.3) is 0 Å². The van der Waals surface area contributed by atoms with Gasteiger partial charge in [-0.2, -0.15) is 0 Å². The van der Waals surface area contributed by atoms with Gasteiger partial charge in [0.2, 0.25) is 0 Å². The van der Waals surface area contributed by atoms with Crippen LogP contribution in [0, 0.1) is 13.1 Å². The molecule has 5 aromatic carbocycles. The second kappa shape index (κ2) is 6.95. The van der Waals surface area contributed by atoms with Crippen molar-refractivity contribution in [2.24, 2.45) is 0 Å². The molecule has 2 nitrogen and oxygen atoms in total. The first-order chi connectivity index (χ1) is 15.8. The molecule has 1 aliphatic rings. The van der Waals surface area contributed by atoms with Crippen molar-refractivity contribution in [2.75, 3.05) is 0 Å². The van der Waals surface area contributed by atoms with Crippen LogP contribution in [-0.4, -0.2) is 0 Å². The Morgan fingerprint density at radius 3 is 1.28 bits per heavy atom. The number of fused-ring (bicyclic) bond motifs is 3. The van der Waals surface area contributed by atoms with Gasteiger partial charge in [-0.05, 0) is 67.4 Å². The Morgan fingerprint density at radius 2 is 0.875 bits per heavy atom. The molecule has 0 saturated heterocycles. The van der Waals surface area contributed by atoms with Crippen molar-refractivity contribution in [1.82, 2.24) is 0 Å². The van der Waals surface area contributed by atoms with E-state index in [1.165, 1.54) is 33.0 Å². The van der Waals surface area contributed by atoms with E-state index in [9.17, 15) is 0 Å². The van der Waals surface area contributed by atoms with Gasteiger partial charge in [-0.25, -0.2) is 9.69 Å². The summed E-state index contributed by atoms with van der Waals surface area (Å²) in [5.74, 6) is 0. The molecule has 0 saturated carbocycles. The molecule has 0 atom stereocenters. The van der Waals surface area contributed by atoms with Gasteiger partial charge >= 0.3 is 0 Å². The van der Waals surface area contributed by atoms with E-state index in [1.54, 1.807) is 0 Å². The highest BCUT2D eigenvalue weighted by Gasteiger charge is 2.23. The summed E-state index contributed by atoms with van der Waals surface area (Å²) >= 11 is 0. The van der Waals surface area contributed by atoms with Gasteiger partial charge in [0.15, 0.2) is 11.4 Å². The summed E-state index contributed by atoms with van der Waals surface area (Å²) in [5.41, 5.74) is 10.7. The molecule has 0 spiro atoms. The minimum atomic E-state index is 0.634. The van der Waals surface area contributed by atoms with Gasteiger partial charge in [0, 0.05) is 0 Å². The van der Waals surface area contributed by atoms with Gasteiger partial charge in [-0.1, -0.05) is 84.9 Å². The van der Waals surface area contributed by atoms with Gasteiger partial charge in [0.05, 0.1) is 13.1 Å². The van der Waals surface area contributed by atoms with E-state index in [2.05, 4.69) is 58.2 Å². The molecule has 32 heavy (non-hydrogen) atoms. The third-order valence-corrected chi connectivity index (χ3v) is 6.26. The molecule has 1 aliphatic carbocycles. The van der Waals surface area contributed by atoms with Crippen LogP contribution in [0.2, 0.25) is 0 Å². The van der Waals surface area contributed by atoms with E-state index in [4.69, 9.17) is 13.1 Å². The molecule has 0 unspecified atom stereocenters. The normalized spacial score (nSPS) is 11.1. The van der Waals surface area contributed by atoms with Gasteiger partial charge < -0.3 is 0 Å². The Labute approximate surface area is 186 Å². The first kappa shape index (κ1) is 18.1. The number of nitrogens with zero attached hydrogens (tertiary/aromatic N) is 2. The summed E-state index contributed by atoms with van der Waals surface area (Å²) < 4.78 is 0. The van der Waals surface area contributed by atoms with E-state index in [-0.39, 0.29) is 0 Å². The van der Waals surface area contributed by atoms with E-state index in [0.717, 1.165) is 22.3 Å². The number of hydrogen-bond donors (Lipinski definition) is 0. The predicted molar refractivity (Wildman–Crippen MR) is 132 cm³/mol. The van der Waals surface area contributed by atoms with Gasteiger partial charge in [-0.15, -0.1) is 0 Å². The minimum Gasteiger partial charge on any atom is -0.238 e. The van der Waals surface area contributed by atoms with Crippen molar-refractivity contribution >= 4 is 22.1 Å². The topological polar surface area (TPSA) is 8.72 Å². The van der Waals surface area contributed by atoms with Crippen LogP contribution in [0.25, 0.3) is 65.0 Å². The van der Waals surface area contributed by atoms with E-state index in [1.807, 2.05) is 48.5 Å². The molecule has 0 bridgehead atoms. The summed E-state index contributed by atoms with van der Waals surface area (Å²) in [6.45, 7) is 14.5. The lowest BCUT2D eigenvalue weighted by atomic mass is 9.89. The average molecular weight is 404 g/mol. The summed E-state index contributed by atoms with van der Waals surface area (Å²) in [7, 11) is 0. The molecule has 0 amide bonds. The smallest absolute Gasteiger partial charge is 0.187 e. The molecule has 0 fully saturated rings. The summed E-state index contributed by atoms with van der Waals surface area (Å²) in [4.78, 5) is 7.08. The van der Waals surface area contributed by atoms with Crippen molar-refractivity contribution in [3.8, 4) is 44.5 Å². The lowest BCUT2D eigenvalue weighted by Crippen LogP contribution is -1.88. The summed E-state index contributed by atoms with van der Waals surface area (Å²) in [6.07, 6.45) is 0. The molecule has 0 N–H and O–H groups in total. The Morgan fingerprint density at radius 1 is 0.438 bits per heavy atom. The standard InChI is InChI=1S/C30H16N2/c1-31-22-13-9-19(10-14-22)26-17-28-24-7-3-5-21-6-4-8-25(30(21)24)29(28)18-27(26)20-11-15-23(32-2)16-12-20/h3-18H. The molecule has 0 radical (unpaired) electrons. The second-order valence-corrected chi connectivity index (χ2v) is 7.97. The Hall–Kier alpha value is -4.66. The van der Waals surface area contributed by atoms with E-state index in [0.29, 0.717) is 11.4 Å². The molecule has 0 aliphatic heterocycles. The van der Waals surface area contributed by atoms with Crippen molar-refractivity contribution in [2.45, 2.75) is 0 Å². The molecule has 6 rings (SSSR count). The quantitative estimate of drug-likeness (QED) is 0.255. The van der Waals surface area contributed by atoms with Crippen LogP contribution in [-0.2, 0) is 0 Å². The average Bonchev–Trinajstić information content (AvgIpc) is 3.18. The number of rotatable bonds is 2. The monoisotopic (exact) mass is 404 g/mol. The maximum Gasteiger partial charge on any atom is 0.187 e. The first-order valence-corrected chi connectivity index (χ1v) is 10.4. The fourth-order valence-corrected chi connectivity index (χ4v) is 4.74. The maximum absolute atomic E-state index is 7.27. The van der Waals surface area contributed by atoms with Crippen molar-refractivity contribution in [3.63, 3.8) is 0 Å². The van der Waals surface area contributed by atoms with E-state index < -0.39 is 0 Å². The Kier molecular flexibility index (Phi) is 3.94. The van der Waals surface area contributed by atoms with Crippen LogP contribution in [0.1, 0.15) is 0 Å². The SMILES string of the molecule is [C-]#[N+]c1ccc(-c2cc3c(cc2-c2ccc([N+]#[C-])cc2)-c2cccc4cccc-3c24)cc1. The molecular weight excluding hydrogens is 388 g/mol. The molecule has 5 aromatic rings. The highest BCUT2D eigenvalue weighted by atomic mass is 14.6. The largest absolute Gasteiger partial charge is 0.238 e. The predicted octanol–water partition coefficient (Wildman–Crippen LogP) is 8.92. The minimum absolute atomic E-state index is 0.634. The molecule has 0 aromatic heterocycles. The van der Waals surface area contributed by atoms with Crippen molar-refractivity contribution in [1.29, 1.82) is 0 Å². The Bertz CT molecular complexity index is 1490. The van der Waals surface area contributed by atoms with Crippen molar-refractivity contribution < 1.29 is 0 Å². The Balaban J connectivity index is 1.66. The van der Waals surface area contributed by atoms with Gasteiger partial charge in [-0.3, -0.25) is 0 Å². The zero-order valence-corrected chi connectivity index (χ0v) is 17.1. The van der Waals surface area contributed by atoms with Crippen LogP contribution >= 0.6 is 0 Å². The third-order valence-electron chi connectivity index (χ3n) is 6.26. The highest BCUT2D eigenvalue weighted by Crippen LogP contribution is 2.50. The molecule has 2 heteroatoms. The fraction of sp³-hybridized carbons (Fsp3) is 0. The maximum atomic E-state index is 7.27. The number of benzene rings is 5. The lowest BCUT2D eigenvalue weighted by Gasteiger charge is -2.15. The molecule has 0 heterocycles. The number of hydrogen-bond acceptors (Lipinski definition) is 0. The van der Waals surface area contributed by atoms with Gasteiger partial charge in [0.1, 0.15) is 0 Å². The second-order valence-electron chi connectivity index (χ2n) is 7.97. The fourth-order valence-electron chi connectivity index (χ4n) is 4.74. The van der Waals surface area contributed by atoms with E-state index >= 15 is 0 Å². The molecular formula is C30H16N2. The summed E-state index contributed by atoms with van der Waals surface area (Å²) in [5, 5.41) is 2.56. The first-order valence-electron chi connectivity index (χ1n) is 10.4.